The van der Waals surface area contributed by atoms with E-state index in [4.69, 9.17) is 10.3 Å². The molecule has 2 aromatic carbocycles. The van der Waals surface area contributed by atoms with Crippen LogP contribution in [0.3, 0.4) is 0 Å². The van der Waals surface area contributed by atoms with Gasteiger partial charge in [0.25, 0.3) is 5.89 Å². The minimum absolute atomic E-state index is 0.0993. The van der Waals surface area contributed by atoms with Crippen molar-refractivity contribution in [2.75, 3.05) is 5.73 Å². The molecule has 0 spiro atoms. The molecule has 3 rings (SSSR count). The van der Waals surface area contributed by atoms with E-state index in [-0.39, 0.29) is 11.5 Å². The zero-order valence-corrected chi connectivity index (χ0v) is 12.7. The fourth-order valence-corrected chi connectivity index (χ4v) is 2.62. The van der Waals surface area contributed by atoms with E-state index in [1.54, 1.807) is 0 Å². The van der Waals surface area contributed by atoms with Crippen LogP contribution in [0.25, 0.3) is 22.8 Å². The molecule has 0 saturated carbocycles. The Morgan fingerprint density at radius 3 is 2.71 bits per heavy atom. The maximum Gasteiger partial charge on any atom is 0.261 e. The van der Waals surface area contributed by atoms with E-state index in [1.807, 2.05) is 25.1 Å². The quantitative estimate of drug-likeness (QED) is 0.705. The zero-order chi connectivity index (χ0) is 15.0. The van der Waals surface area contributed by atoms with Crippen LogP contribution in [0.4, 0.5) is 10.1 Å². The molecule has 4 nitrogen and oxygen atoms in total. The normalized spacial score (nSPS) is 10.8. The van der Waals surface area contributed by atoms with Crippen molar-refractivity contribution in [1.82, 2.24) is 10.1 Å². The lowest BCUT2D eigenvalue weighted by molar-refractivity contribution is 0.429. The number of benzene rings is 2. The number of rotatable bonds is 2. The molecule has 1 heterocycles. The van der Waals surface area contributed by atoms with Gasteiger partial charge in [0.15, 0.2) is 0 Å². The summed E-state index contributed by atoms with van der Waals surface area (Å²) >= 11 is 3.46. The molecule has 0 atom stereocenters. The van der Waals surface area contributed by atoms with Gasteiger partial charge in [-0.25, -0.2) is 4.39 Å². The predicted octanol–water partition coefficient (Wildman–Crippen LogP) is 4.20. The van der Waals surface area contributed by atoms with Crippen molar-refractivity contribution in [3.63, 3.8) is 0 Å². The van der Waals surface area contributed by atoms with Crippen LogP contribution in [0, 0.1) is 12.7 Å². The van der Waals surface area contributed by atoms with Crippen molar-refractivity contribution in [2.45, 2.75) is 6.92 Å². The van der Waals surface area contributed by atoms with E-state index in [2.05, 4.69) is 26.1 Å². The summed E-state index contributed by atoms with van der Waals surface area (Å²) in [7, 11) is 0. The third kappa shape index (κ3) is 2.67. The average molecular weight is 348 g/mol. The first-order valence-electron chi connectivity index (χ1n) is 6.20. The molecule has 0 amide bonds. The fraction of sp³-hybridized carbons (Fsp3) is 0.0667. The Bertz CT molecular complexity index is 816. The Hall–Kier alpha value is -2.21. The van der Waals surface area contributed by atoms with Gasteiger partial charge in [0, 0.05) is 15.7 Å². The first-order chi connectivity index (χ1) is 10.0. The SMILES string of the molecule is Cc1ccc(-c2noc(-c3cc(N)ccc3F)n2)c(Br)c1. The van der Waals surface area contributed by atoms with Gasteiger partial charge in [-0.05, 0) is 42.8 Å². The maximum absolute atomic E-state index is 13.8. The molecule has 0 radical (unpaired) electrons. The average Bonchev–Trinajstić information content (AvgIpc) is 2.91. The largest absolute Gasteiger partial charge is 0.399 e. The molecule has 0 aliphatic carbocycles. The standard InChI is InChI=1S/C15H11BrFN3O/c1-8-2-4-10(12(16)6-8)14-19-15(21-20-14)11-7-9(18)3-5-13(11)17/h2-7H,18H2,1H3. The summed E-state index contributed by atoms with van der Waals surface area (Å²) < 4.78 is 19.8. The first kappa shape index (κ1) is 13.8. The van der Waals surface area contributed by atoms with Crippen LogP contribution in [0.15, 0.2) is 45.4 Å². The van der Waals surface area contributed by atoms with Crippen molar-refractivity contribution < 1.29 is 8.91 Å². The van der Waals surface area contributed by atoms with Crippen molar-refractivity contribution in [3.8, 4) is 22.8 Å². The first-order valence-corrected chi connectivity index (χ1v) is 6.99. The number of aryl methyl sites for hydroxylation is 1. The third-order valence-electron chi connectivity index (χ3n) is 3.01. The van der Waals surface area contributed by atoms with Gasteiger partial charge < -0.3 is 10.3 Å². The summed E-state index contributed by atoms with van der Waals surface area (Å²) in [5.41, 5.74) is 8.17. The van der Waals surface area contributed by atoms with Gasteiger partial charge in [0.05, 0.1) is 5.56 Å². The number of halogens is 2. The monoisotopic (exact) mass is 347 g/mol. The summed E-state index contributed by atoms with van der Waals surface area (Å²) in [5, 5.41) is 3.90. The molecule has 6 heteroatoms. The molecular formula is C15H11BrFN3O. The third-order valence-corrected chi connectivity index (χ3v) is 3.67. The second-order valence-corrected chi connectivity index (χ2v) is 5.50. The number of anilines is 1. The number of hydrogen-bond donors (Lipinski definition) is 1. The van der Waals surface area contributed by atoms with Gasteiger partial charge >= 0.3 is 0 Å². The van der Waals surface area contributed by atoms with Crippen LogP contribution in [0.5, 0.6) is 0 Å². The number of nitrogen functional groups attached to an aromatic ring is 1. The Morgan fingerprint density at radius 2 is 1.95 bits per heavy atom. The predicted molar refractivity (Wildman–Crippen MR) is 82.0 cm³/mol. The Balaban J connectivity index is 2.06. The van der Waals surface area contributed by atoms with Crippen LogP contribution in [0.1, 0.15) is 5.56 Å². The minimum Gasteiger partial charge on any atom is -0.399 e. The highest BCUT2D eigenvalue weighted by atomic mass is 79.9. The molecule has 1 aromatic heterocycles. The van der Waals surface area contributed by atoms with Crippen LogP contribution in [0.2, 0.25) is 0 Å². The van der Waals surface area contributed by atoms with Crippen LogP contribution >= 0.6 is 15.9 Å². The molecule has 3 aromatic rings. The molecular weight excluding hydrogens is 337 g/mol. The zero-order valence-electron chi connectivity index (χ0n) is 11.1. The van der Waals surface area contributed by atoms with Gasteiger partial charge in [-0.3, -0.25) is 0 Å². The number of hydrogen-bond acceptors (Lipinski definition) is 4. The lowest BCUT2D eigenvalue weighted by atomic mass is 10.1. The Morgan fingerprint density at radius 1 is 1.14 bits per heavy atom. The van der Waals surface area contributed by atoms with Crippen LogP contribution in [-0.4, -0.2) is 10.1 Å². The van der Waals surface area contributed by atoms with Crippen molar-refractivity contribution in [2.24, 2.45) is 0 Å². The molecule has 0 fully saturated rings. The number of nitrogens with two attached hydrogens (primary N) is 1. The molecule has 0 unspecified atom stereocenters. The lowest BCUT2D eigenvalue weighted by Crippen LogP contribution is -1.90. The van der Waals surface area contributed by atoms with Gasteiger partial charge in [0.2, 0.25) is 5.82 Å². The van der Waals surface area contributed by atoms with Gasteiger partial charge in [-0.2, -0.15) is 4.98 Å². The number of aromatic nitrogens is 2. The molecule has 106 valence electrons. The smallest absolute Gasteiger partial charge is 0.261 e. The van der Waals surface area contributed by atoms with E-state index in [1.165, 1.54) is 18.2 Å². The van der Waals surface area contributed by atoms with Crippen molar-refractivity contribution in [1.29, 1.82) is 0 Å². The summed E-state index contributed by atoms with van der Waals surface area (Å²) in [5.74, 6) is 0.0309. The molecule has 0 aliphatic rings. The van der Waals surface area contributed by atoms with Gasteiger partial charge in [0.1, 0.15) is 5.82 Å². The summed E-state index contributed by atoms with van der Waals surface area (Å²) in [6.45, 7) is 1.98. The fourth-order valence-electron chi connectivity index (χ4n) is 1.95. The summed E-state index contributed by atoms with van der Waals surface area (Å²) in [4.78, 5) is 4.24. The lowest BCUT2D eigenvalue weighted by Gasteiger charge is -2.00. The van der Waals surface area contributed by atoms with E-state index < -0.39 is 5.82 Å². The second kappa shape index (κ2) is 5.29. The molecule has 21 heavy (non-hydrogen) atoms. The van der Waals surface area contributed by atoms with E-state index >= 15 is 0 Å². The second-order valence-electron chi connectivity index (χ2n) is 4.65. The van der Waals surface area contributed by atoms with E-state index in [9.17, 15) is 4.39 Å². The van der Waals surface area contributed by atoms with Crippen molar-refractivity contribution in [3.05, 3.63) is 52.3 Å². The molecule has 0 aliphatic heterocycles. The Labute approximate surface area is 128 Å². The van der Waals surface area contributed by atoms with E-state index in [0.29, 0.717) is 11.5 Å². The molecule has 0 bridgehead atoms. The summed E-state index contributed by atoms with van der Waals surface area (Å²) in [6, 6.07) is 9.99. The minimum atomic E-state index is -0.456. The highest BCUT2D eigenvalue weighted by Crippen LogP contribution is 2.30. The van der Waals surface area contributed by atoms with Gasteiger partial charge in [-0.15, -0.1) is 0 Å². The summed E-state index contributed by atoms with van der Waals surface area (Å²) in [6.07, 6.45) is 0. The topological polar surface area (TPSA) is 64.9 Å². The maximum atomic E-state index is 13.8. The highest BCUT2D eigenvalue weighted by molar-refractivity contribution is 9.10. The number of nitrogens with zero attached hydrogens (tertiary/aromatic N) is 2. The van der Waals surface area contributed by atoms with E-state index in [0.717, 1.165) is 15.6 Å². The van der Waals surface area contributed by atoms with Crippen LogP contribution < -0.4 is 5.73 Å². The highest BCUT2D eigenvalue weighted by Gasteiger charge is 2.16. The van der Waals surface area contributed by atoms with Crippen LogP contribution in [-0.2, 0) is 0 Å². The molecule has 0 saturated heterocycles. The molecule has 2 N–H and O–H groups in total. The van der Waals surface area contributed by atoms with Gasteiger partial charge in [-0.1, -0.05) is 27.2 Å². The van der Waals surface area contributed by atoms with Crippen molar-refractivity contribution >= 4 is 21.6 Å². The Kier molecular flexibility index (Phi) is 3.47.